The number of nitrogens with zero attached hydrogens (tertiary/aromatic N) is 2. The molecule has 0 aliphatic carbocycles. The quantitative estimate of drug-likeness (QED) is 0.896. The van der Waals surface area contributed by atoms with Gasteiger partial charge in [-0.2, -0.15) is 0 Å². The summed E-state index contributed by atoms with van der Waals surface area (Å²) in [6.45, 7) is 12.4. The van der Waals surface area contributed by atoms with Crippen LogP contribution >= 0.6 is 0 Å². The Morgan fingerprint density at radius 3 is 2.81 bits per heavy atom. The standard InChI is InChI=1S/C16H28N4O/c1-15(2,3)20-10-9-18-13(14(20)21)19-11-12-16(4,5)7-6-8-17-12/h9-10,12,17H,6-8,11H2,1-5H3,(H,18,19). The highest BCUT2D eigenvalue weighted by molar-refractivity contribution is 5.31. The molecule has 1 saturated heterocycles. The van der Waals surface area contributed by atoms with Crippen LogP contribution < -0.4 is 16.2 Å². The van der Waals surface area contributed by atoms with Gasteiger partial charge in [0.1, 0.15) is 0 Å². The summed E-state index contributed by atoms with van der Waals surface area (Å²) in [6, 6.07) is 0.357. The summed E-state index contributed by atoms with van der Waals surface area (Å²) in [5.74, 6) is 0.440. The second-order valence-corrected chi connectivity index (χ2v) is 7.60. The lowest BCUT2D eigenvalue weighted by molar-refractivity contribution is 0.188. The first-order chi connectivity index (χ1) is 9.72. The number of aromatic nitrogens is 2. The number of anilines is 1. The highest BCUT2D eigenvalue weighted by Gasteiger charge is 2.31. The van der Waals surface area contributed by atoms with Crippen LogP contribution in [0.1, 0.15) is 47.5 Å². The van der Waals surface area contributed by atoms with Gasteiger partial charge < -0.3 is 15.2 Å². The van der Waals surface area contributed by atoms with Crippen molar-refractivity contribution in [2.24, 2.45) is 5.41 Å². The summed E-state index contributed by atoms with van der Waals surface area (Å²) in [4.78, 5) is 16.7. The molecule has 1 aliphatic rings. The van der Waals surface area contributed by atoms with Gasteiger partial charge in [-0.25, -0.2) is 4.98 Å². The minimum Gasteiger partial charge on any atom is -0.364 e. The van der Waals surface area contributed by atoms with E-state index in [0.29, 0.717) is 11.9 Å². The molecule has 118 valence electrons. The molecule has 0 radical (unpaired) electrons. The molecule has 0 spiro atoms. The molecule has 1 fully saturated rings. The van der Waals surface area contributed by atoms with Gasteiger partial charge in [-0.15, -0.1) is 0 Å². The maximum absolute atomic E-state index is 12.5. The van der Waals surface area contributed by atoms with E-state index in [1.807, 2.05) is 20.8 Å². The molecule has 5 nitrogen and oxygen atoms in total. The fourth-order valence-electron chi connectivity index (χ4n) is 2.88. The SMILES string of the molecule is CC1(C)CCCNC1CNc1nccn(C(C)(C)C)c1=O. The van der Waals surface area contributed by atoms with Gasteiger partial charge in [0, 0.05) is 30.5 Å². The third kappa shape index (κ3) is 3.64. The molecule has 1 aromatic rings. The van der Waals surface area contributed by atoms with Gasteiger partial charge >= 0.3 is 0 Å². The smallest absolute Gasteiger partial charge is 0.293 e. The van der Waals surface area contributed by atoms with Crippen molar-refractivity contribution in [1.82, 2.24) is 14.9 Å². The Hall–Kier alpha value is -1.36. The Balaban J connectivity index is 2.12. The van der Waals surface area contributed by atoms with E-state index in [4.69, 9.17) is 0 Å². The molecule has 0 saturated carbocycles. The number of hydrogen-bond acceptors (Lipinski definition) is 4. The number of rotatable bonds is 3. The molecule has 0 bridgehead atoms. The first-order valence-corrected chi connectivity index (χ1v) is 7.77. The van der Waals surface area contributed by atoms with Crippen LogP contribution in [0.25, 0.3) is 0 Å². The highest BCUT2D eigenvalue weighted by Crippen LogP contribution is 2.29. The first-order valence-electron chi connectivity index (χ1n) is 7.77. The maximum atomic E-state index is 12.5. The summed E-state index contributed by atoms with van der Waals surface area (Å²) in [5, 5.41) is 6.79. The van der Waals surface area contributed by atoms with Gasteiger partial charge in [-0.1, -0.05) is 13.8 Å². The average Bonchev–Trinajstić information content (AvgIpc) is 2.37. The minimum atomic E-state index is -0.237. The van der Waals surface area contributed by atoms with Crippen LogP contribution in [-0.2, 0) is 5.54 Å². The van der Waals surface area contributed by atoms with Crippen LogP contribution in [0.15, 0.2) is 17.2 Å². The molecule has 0 amide bonds. The molecule has 2 N–H and O–H groups in total. The molecule has 1 aliphatic heterocycles. The Bertz CT molecular complexity index is 542. The topological polar surface area (TPSA) is 59.0 Å². The van der Waals surface area contributed by atoms with Crippen LogP contribution in [0.5, 0.6) is 0 Å². The van der Waals surface area contributed by atoms with E-state index in [2.05, 4.69) is 29.5 Å². The van der Waals surface area contributed by atoms with Crippen molar-refractivity contribution in [3.8, 4) is 0 Å². The van der Waals surface area contributed by atoms with Crippen molar-refractivity contribution < 1.29 is 0 Å². The monoisotopic (exact) mass is 292 g/mol. The Kier molecular flexibility index (Phi) is 4.42. The molecule has 1 aromatic heterocycles. The maximum Gasteiger partial charge on any atom is 0.293 e. The number of hydrogen-bond donors (Lipinski definition) is 2. The van der Waals surface area contributed by atoms with Gasteiger partial charge in [-0.3, -0.25) is 4.79 Å². The summed E-state index contributed by atoms with van der Waals surface area (Å²) < 4.78 is 1.72. The lowest BCUT2D eigenvalue weighted by atomic mass is 9.77. The van der Waals surface area contributed by atoms with Crippen LogP contribution in [0.3, 0.4) is 0 Å². The van der Waals surface area contributed by atoms with Crippen LogP contribution in [0.2, 0.25) is 0 Å². The van der Waals surface area contributed by atoms with E-state index in [9.17, 15) is 4.79 Å². The fourth-order valence-corrected chi connectivity index (χ4v) is 2.88. The zero-order valence-electron chi connectivity index (χ0n) is 13.9. The van der Waals surface area contributed by atoms with E-state index in [0.717, 1.165) is 13.1 Å². The second-order valence-electron chi connectivity index (χ2n) is 7.60. The average molecular weight is 292 g/mol. The van der Waals surface area contributed by atoms with Crippen molar-refractivity contribution in [2.45, 2.75) is 59.0 Å². The van der Waals surface area contributed by atoms with Crippen LogP contribution in [0.4, 0.5) is 5.82 Å². The number of nitrogens with one attached hydrogen (secondary N) is 2. The van der Waals surface area contributed by atoms with Crippen molar-refractivity contribution in [1.29, 1.82) is 0 Å². The summed E-state index contributed by atoms with van der Waals surface area (Å²) in [6.07, 6.45) is 5.86. The van der Waals surface area contributed by atoms with Crippen LogP contribution in [0, 0.1) is 5.41 Å². The summed E-state index contributed by atoms with van der Waals surface area (Å²) in [7, 11) is 0. The number of piperidine rings is 1. The third-order valence-electron chi connectivity index (χ3n) is 4.37. The lowest BCUT2D eigenvalue weighted by Crippen LogP contribution is -2.51. The molecule has 1 unspecified atom stereocenters. The van der Waals surface area contributed by atoms with E-state index in [1.165, 1.54) is 12.8 Å². The summed E-state index contributed by atoms with van der Waals surface area (Å²) >= 11 is 0. The molecule has 2 heterocycles. The van der Waals surface area contributed by atoms with E-state index < -0.39 is 0 Å². The highest BCUT2D eigenvalue weighted by atomic mass is 16.1. The zero-order chi connectivity index (χ0) is 15.7. The van der Waals surface area contributed by atoms with E-state index in [-0.39, 0.29) is 16.5 Å². The molecular weight excluding hydrogens is 264 g/mol. The van der Waals surface area contributed by atoms with Crippen molar-refractivity contribution in [3.05, 3.63) is 22.7 Å². The molecular formula is C16H28N4O. The Labute approximate surface area is 127 Å². The Morgan fingerprint density at radius 1 is 1.48 bits per heavy atom. The molecule has 2 rings (SSSR count). The zero-order valence-corrected chi connectivity index (χ0v) is 13.9. The van der Waals surface area contributed by atoms with Gasteiger partial charge in [0.15, 0.2) is 5.82 Å². The summed E-state index contributed by atoms with van der Waals surface area (Å²) in [5.41, 5.74) is -0.0550. The second kappa shape index (κ2) is 5.79. The van der Waals surface area contributed by atoms with Crippen molar-refractivity contribution >= 4 is 5.82 Å². The molecule has 5 heteroatoms. The predicted molar refractivity (Wildman–Crippen MR) is 86.8 cm³/mol. The largest absolute Gasteiger partial charge is 0.364 e. The molecule has 21 heavy (non-hydrogen) atoms. The van der Waals surface area contributed by atoms with Gasteiger partial charge in [0.05, 0.1) is 0 Å². The van der Waals surface area contributed by atoms with Gasteiger partial charge in [0.25, 0.3) is 5.56 Å². The lowest BCUT2D eigenvalue weighted by Gasteiger charge is -2.39. The normalized spacial score (nSPS) is 22.0. The third-order valence-corrected chi connectivity index (χ3v) is 4.37. The minimum absolute atomic E-state index is 0.0568. The fraction of sp³-hybridized carbons (Fsp3) is 0.750. The van der Waals surface area contributed by atoms with Gasteiger partial charge in [-0.05, 0) is 45.6 Å². The molecule has 1 atom stereocenters. The first kappa shape index (κ1) is 16.0. The van der Waals surface area contributed by atoms with E-state index >= 15 is 0 Å². The molecule has 0 aromatic carbocycles. The Morgan fingerprint density at radius 2 is 2.19 bits per heavy atom. The van der Waals surface area contributed by atoms with Crippen molar-refractivity contribution in [3.63, 3.8) is 0 Å². The van der Waals surface area contributed by atoms with Crippen LogP contribution in [-0.4, -0.2) is 28.7 Å². The van der Waals surface area contributed by atoms with Crippen molar-refractivity contribution in [2.75, 3.05) is 18.4 Å². The van der Waals surface area contributed by atoms with Gasteiger partial charge in [0.2, 0.25) is 0 Å². The predicted octanol–water partition coefficient (Wildman–Crippen LogP) is 2.19. The van der Waals surface area contributed by atoms with E-state index in [1.54, 1.807) is 17.0 Å².